The molecule has 0 radical (unpaired) electrons. The Labute approximate surface area is 104 Å². The third-order valence-electron chi connectivity index (χ3n) is 2.70. The molecule has 0 atom stereocenters. The second-order valence-corrected chi connectivity index (χ2v) is 5.60. The summed E-state index contributed by atoms with van der Waals surface area (Å²) >= 11 is 3.66. The van der Waals surface area contributed by atoms with Crippen molar-refractivity contribution in [2.75, 3.05) is 18.5 Å². The lowest BCUT2D eigenvalue weighted by molar-refractivity contribution is 0.0319. The van der Waals surface area contributed by atoms with Crippen LogP contribution in [0.25, 0.3) is 0 Å². The van der Waals surface area contributed by atoms with Gasteiger partial charge in [-0.15, -0.1) is 0 Å². The lowest BCUT2D eigenvalue weighted by Gasteiger charge is -2.31. The molecule has 0 aliphatic heterocycles. The van der Waals surface area contributed by atoms with Gasteiger partial charge in [0.1, 0.15) is 0 Å². The second-order valence-electron chi connectivity index (χ2n) is 5.04. The van der Waals surface area contributed by atoms with Crippen LogP contribution in [0, 0.1) is 11.3 Å². The van der Waals surface area contributed by atoms with Gasteiger partial charge in [-0.05, 0) is 18.8 Å². The van der Waals surface area contributed by atoms with E-state index in [2.05, 4.69) is 43.6 Å². The Hall–Kier alpha value is 0.440. The Bertz CT molecular complexity index is 139. The standard InChI is InChI=1S/C13H27BrO/c1-5-7-13(10-14,8-6-2)11-15-9-12(3)4/h12H,5-11H2,1-4H3. The number of rotatable bonds is 9. The molecule has 0 aliphatic rings. The van der Waals surface area contributed by atoms with Crippen LogP contribution in [0.5, 0.6) is 0 Å². The molecule has 0 rings (SSSR count). The number of halogens is 1. The molecule has 0 aromatic heterocycles. The quantitative estimate of drug-likeness (QED) is 0.559. The van der Waals surface area contributed by atoms with Gasteiger partial charge in [-0.1, -0.05) is 56.5 Å². The topological polar surface area (TPSA) is 9.23 Å². The Kier molecular flexibility index (Phi) is 8.83. The van der Waals surface area contributed by atoms with E-state index in [9.17, 15) is 0 Å². The zero-order valence-electron chi connectivity index (χ0n) is 10.8. The van der Waals surface area contributed by atoms with Crippen molar-refractivity contribution in [1.29, 1.82) is 0 Å². The number of alkyl halides is 1. The summed E-state index contributed by atoms with van der Waals surface area (Å²) < 4.78 is 5.83. The van der Waals surface area contributed by atoms with Crippen LogP contribution in [0.1, 0.15) is 53.4 Å². The van der Waals surface area contributed by atoms with E-state index in [0.29, 0.717) is 11.3 Å². The smallest absolute Gasteiger partial charge is 0.0530 e. The predicted molar refractivity (Wildman–Crippen MR) is 71.7 cm³/mol. The SMILES string of the molecule is CCCC(CBr)(CCC)COCC(C)C. The summed E-state index contributed by atoms with van der Waals surface area (Å²) in [5.74, 6) is 0.640. The van der Waals surface area contributed by atoms with Crippen molar-refractivity contribution >= 4 is 15.9 Å². The van der Waals surface area contributed by atoms with E-state index in [0.717, 1.165) is 18.5 Å². The summed E-state index contributed by atoms with van der Waals surface area (Å²) in [4.78, 5) is 0. The molecule has 0 aromatic rings. The fourth-order valence-electron chi connectivity index (χ4n) is 2.01. The van der Waals surface area contributed by atoms with E-state index in [1.807, 2.05) is 0 Å². The molecule has 0 saturated carbocycles. The van der Waals surface area contributed by atoms with Crippen LogP contribution in [0.4, 0.5) is 0 Å². The second kappa shape index (κ2) is 8.58. The largest absolute Gasteiger partial charge is 0.381 e. The highest BCUT2D eigenvalue weighted by atomic mass is 79.9. The van der Waals surface area contributed by atoms with Gasteiger partial charge in [-0.2, -0.15) is 0 Å². The maximum atomic E-state index is 5.83. The molecular formula is C13H27BrO. The van der Waals surface area contributed by atoms with E-state index in [-0.39, 0.29) is 0 Å². The van der Waals surface area contributed by atoms with E-state index >= 15 is 0 Å². The molecule has 0 spiro atoms. The molecule has 2 heteroatoms. The minimum atomic E-state index is 0.373. The van der Waals surface area contributed by atoms with E-state index in [1.54, 1.807) is 0 Å². The van der Waals surface area contributed by atoms with Crippen LogP contribution >= 0.6 is 15.9 Å². The zero-order chi connectivity index (χ0) is 11.7. The lowest BCUT2D eigenvalue weighted by atomic mass is 9.82. The Morgan fingerprint density at radius 1 is 1.13 bits per heavy atom. The summed E-state index contributed by atoms with van der Waals surface area (Å²) in [6.07, 6.45) is 5.03. The van der Waals surface area contributed by atoms with Gasteiger partial charge in [-0.3, -0.25) is 0 Å². The third kappa shape index (κ3) is 6.57. The van der Waals surface area contributed by atoms with E-state index in [1.165, 1.54) is 25.7 Å². The molecule has 0 N–H and O–H groups in total. The first-order valence-electron chi connectivity index (χ1n) is 6.24. The summed E-state index contributed by atoms with van der Waals surface area (Å²) in [7, 11) is 0. The van der Waals surface area contributed by atoms with Gasteiger partial charge in [0.05, 0.1) is 6.61 Å². The molecule has 0 heterocycles. The molecule has 0 aliphatic carbocycles. The van der Waals surface area contributed by atoms with Crippen molar-refractivity contribution in [1.82, 2.24) is 0 Å². The van der Waals surface area contributed by atoms with Gasteiger partial charge in [0.15, 0.2) is 0 Å². The van der Waals surface area contributed by atoms with Crippen molar-refractivity contribution in [2.45, 2.75) is 53.4 Å². The van der Waals surface area contributed by atoms with Crippen LogP contribution in [0.2, 0.25) is 0 Å². The van der Waals surface area contributed by atoms with Crippen LogP contribution in [0.15, 0.2) is 0 Å². The van der Waals surface area contributed by atoms with Crippen LogP contribution in [0.3, 0.4) is 0 Å². The number of hydrogen-bond donors (Lipinski definition) is 0. The summed E-state index contributed by atoms with van der Waals surface area (Å²) in [6, 6.07) is 0. The van der Waals surface area contributed by atoms with Crippen LogP contribution in [-0.2, 0) is 4.74 Å². The first kappa shape index (κ1) is 15.4. The molecule has 0 saturated heterocycles. The average Bonchev–Trinajstić information content (AvgIpc) is 2.17. The van der Waals surface area contributed by atoms with Crippen LogP contribution in [-0.4, -0.2) is 18.5 Å². The summed E-state index contributed by atoms with van der Waals surface area (Å²) in [5, 5.41) is 1.07. The van der Waals surface area contributed by atoms with Crippen molar-refractivity contribution in [3.63, 3.8) is 0 Å². The number of hydrogen-bond acceptors (Lipinski definition) is 1. The monoisotopic (exact) mass is 278 g/mol. The van der Waals surface area contributed by atoms with Crippen molar-refractivity contribution in [2.24, 2.45) is 11.3 Å². The summed E-state index contributed by atoms with van der Waals surface area (Å²) in [6.45, 7) is 10.7. The zero-order valence-corrected chi connectivity index (χ0v) is 12.4. The Morgan fingerprint density at radius 3 is 2.00 bits per heavy atom. The first-order valence-corrected chi connectivity index (χ1v) is 7.36. The van der Waals surface area contributed by atoms with Crippen molar-refractivity contribution in [3.05, 3.63) is 0 Å². The Morgan fingerprint density at radius 2 is 1.67 bits per heavy atom. The maximum absolute atomic E-state index is 5.83. The Balaban J connectivity index is 4.08. The molecule has 92 valence electrons. The van der Waals surface area contributed by atoms with Crippen molar-refractivity contribution in [3.8, 4) is 0 Å². The van der Waals surface area contributed by atoms with Gasteiger partial charge < -0.3 is 4.74 Å². The van der Waals surface area contributed by atoms with Gasteiger partial charge in [-0.25, -0.2) is 0 Å². The maximum Gasteiger partial charge on any atom is 0.0530 e. The highest BCUT2D eigenvalue weighted by Crippen LogP contribution is 2.32. The van der Waals surface area contributed by atoms with Crippen molar-refractivity contribution < 1.29 is 4.74 Å². The number of ether oxygens (including phenoxy) is 1. The fourth-order valence-corrected chi connectivity index (χ4v) is 2.74. The van der Waals surface area contributed by atoms with E-state index in [4.69, 9.17) is 4.74 Å². The van der Waals surface area contributed by atoms with Gasteiger partial charge in [0, 0.05) is 17.4 Å². The van der Waals surface area contributed by atoms with Gasteiger partial charge >= 0.3 is 0 Å². The third-order valence-corrected chi connectivity index (χ3v) is 3.89. The lowest BCUT2D eigenvalue weighted by Crippen LogP contribution is -2.29. The molecule has 15 heavy (non-hydrogen) atoms. The predicted octanol–water partition coefficient (Wildman–Crippen LogP) is 4.64. The average molecular weight is 279 g/mol. The van der Waals surface area contributed by atoms with Gasteiger partial charge in [0.2, 0.25) is 0 Å². The minimum absolute atomic E-state index is 0.373. The molecule has 0 bridgehead atoms. The molecule has 0 amide bonds. The summed E-state index contributed by atoms with van der Waals surface area (Å²) in [5.41, 5.74) is 0.373. The van der Waals surface area contributed by atoms with E-state index < -0.39 is 0 Å². The normalized spacial score (nSPS) is 12.4. The molecule has 0 aromatic carbocycles. The minimum Gasteiger partial charge on any atom is -0.381 e. The molecule has 0 unspecified atom stereocenters. The molecule has 0 fully saturated rings. The first-order chi connectivity index (χ1) is 7.10. The fraction of sp³-hybridized carbons (Fsp3) is 1.00. The highest BCUT2D eigenvalue weighted by molar-refractivity contribution is 9.09. The highest BCUT2D eigenvalue weighted by Gasteiger charge is 2.27. The van der Waals surface area contributed by atoms with Gasteiger partial charge in [0.25, 0.3) is 0 Å². The molecular weight excluding hydrogens is 252 g/mol. The van der Waals surface area contributed by atoms with Crippen LogP contribution < -0.4 is 0 Å². The molecule has 1 nitrogen and oxygen atoms in total.